The van der Waals surface area contributed by atoms with Gasteiger partial charge in [-0.1, -0.05) is 11.6 Å². The first-order valence-corrected chi connectivity index (χ1v) is 4.01. The first-order valence-electron chi connectivity index (χ1n) is 3.63. The second-order valence-corrected chi connectivity index (χ2v) is 2.70. The maximum absolute atomic E-state index is 11.0. The minimum atomic E-state index is -0.815. The van der Waals surface area contributed by atoms with E-state index in [4.69, 9.17) is 23.3 Å². The summed E-state index contributed by atoms with van der Waals surface area (Å²) in [5, 5.41) is 0.398. The number of nitrogens with two attached hydrogens (primary N) is 2. The van der Waals surface area contributed by atoms with E-state index in [0.29, 0.717) is 11.3 Å². The molecule has 0 spiro atoms. The SMILES string of the molecule is NNC(=O)N(N)c1ncc(C=O)nc1Cl. The molecule has 8 nitrogen and oxygen atoms in total. The van der Waals surface area contributed by atoms with E-state index in [1.807, 2.05) is 0 Å². The van der Waals surface area contributed by atoms with Crippen LogP contribution in [0.1, 0.15) is 10.5 Å². The molecule has 0 saturated carbocycles. The molecule has 80 valence electrons. The van der Waals surface area contributed by atoms with Crippen molar-refractivity contribution in [2.24, 2.45) is 11.7 Å². The van der Waals surface area contributed by atoms with E-state index in [1.54, 1.807) is 5.43 Å². The fraction of sp³-hybridized carbons (Fsp3) is 0. The number of aldehydes is 1. The Labute approximate surface area is 89.2 Å². The van der Waals surface area contributed by atoms with Gasteiger partial charge in [-0.2, -0.15) is 0 Å². The third-order valence-electron chi connectivity index (χ3n) is 1.42. The van der Waals surface area contributed by atoms with Crippen LogP contribution in [0.5, 0.6) is 0 Å². The third-order valence-corrected chi connectivity index (χ3v) is 1.68. The molecular weight excluding hydrogens is 224 g/mol. The molecule has 0 radical (unpaired) electrons. The van der Waals surface area contributed by atoms with Crippen LogP contribution in [-0.4, -0.2) is 22.3 Å². The minimum absolute atomic E-state index is 0.0327. The number of aromatic nitrogens is 2. The summed E-state index contributed by atoms with van der Waals surface area (Å²) in [5.74, 6) is 10.0. The predicted molar refractivity (Wildman–Crippen MR) is 51.8 cm³/mol. The first kappa shape index (κ1) is 11.3. The van der Waals surface area contributed by atoms with Crippen LogP contribution in [0.3, 0.4) is 0 Å². The maximum atomic E-state index is 11.0. The van der Waals surface area contributed by atoms with Crippen molar-refractivity contribution < 1.29 is 9.59 Å². The molecule has 1 rings (SSSR count). The van der Waals surface area contributed by atoms with Crippen LogP contribution >= 0.6 is 11.6 Å². The molecular formula is C6H7ClN6O2. The van der Waals surface area contributed by atoms with Crippen molar-refractivity contribution in [3.63, 3.8) is 0 Å². The normalized spacial score (nSPS) is 9.53. The average molecular weight is 231 g/mol. The molecule has 0 fully saturated rings. The zero-order valence-corrected chi connectivity index (χ0v) is 8.10. The Morgan fingerprint density at radius 3 is 2.80 bits per heavy atom. The Hall–Kier alpha value is -1.77. The number of urea groups is 1. The van der Waals surface area contributed by atoms with E-state index in [2.05, 4.69) is 9.97 Å². The largest absolute Gasteiger partial charge is 0.351 e. The van der Waals surface area contributed by atoms with E-state index in [0.717, 1.165) is 6.20 Å². The molecule has 1 aromatic rings. The molecule has 2 amide bonds. The minimum Gasteiger partial charge on any atom is -0.296 e. The summed E-state index contributed by atoms with van der Waals surface area (Å²) >= 11 is 5.63. The van der Waals surface area contributed by atoms with Crippen LogP contribution in [-0.2, 0) is 0 Å². The van der Waals surface area contributed by atoms with Crippen molar-refractivity contribution in [1.29, 1.82) is 0 Å². The number of hydrogen-bond acceptors (Lipinski definition) is 6. The van der Waals surface area contributed by atoms with E-state index < -0.39 is 6.03 Å². The first-order chi connectivity index (χ1) is 7.10. The van der Waals surface area contributed by atoms with Gasteiger partial charge in [-0.3, -0.25) is 10.2 Å². The highest BCUT2D eigenvalue weighted by molar-refractivity contribution is 6.32. The number of anilines is 1. The summed E-state index contributed by atoms with van der Waals surface area (Å²) < 4.78 is 0. The monoisotopic (exact) mass is 230 g/mol. The lowest BCUT2D eigenvalue weighted by molar-refractivity contribution is 0.111. The van der Waals surface area contributed by atoms with E-state index in [1.165, 1.54) is 0 Å². The van der Waals surface area contributed by atoms with Crippen molar-refractivity contribution in [3.8, 4) is 0 Å². The van der Waals surface area contributed by atoms with Crippen molar-refractivity contribution in [2.45, 2.75) is 0 Å². The van der Waals surface area contributed by atoms with Gasteiger partial charge in [0, 0.05) is 0 Å². The highest BCUT2D eigenvalue weighted by Crippen LogP contribution is 2.18. The van der Waals surface area contributed by atoms with Crippen LogP contribution in [0.15, 0.2) is 6.20 Å². The summed E-state index contributed by atoms with van der Waals surface area (Å²) in [5.41, 5.74) is 1.82. The Morgan fingerprint density at radius 1 is 1.67 bits per heavy atom. The standard InChI is InChI=1S/C6H7ClN6O2/c7-4-5(13(9)6(15)12-8)10-1-3(2-14)11-4/h1-2H,8-9H2,(H,12,15). The summed E-state index contributed by atoms with van der Waals surface area (Å²) in [7, 11) is 0. The van der Waals surface area contributed by atoms with Gasteiger partial charge in [-0.05, 0) is 0 Å². The second-order valence-electron chi connectivity index (χ2n) is 2.35. The van der Waals surface area contributed by atoms with Crippen LogP contribution in [0, 0.1) is 0 Å². The molecule has 1 aromatic heterocycles. The van der Waals surface area contributed by atoms with Gasteiger partial charge in [0.25, 0.3) is 0 Å². The predicted octanol–water partition coefficient (Wildman–Crippen LogP) is -0.794. The number of amides is 2. The second kappa shape index (κ2) is 4.64. The molecule has 15 heavy (non-hydrogen) atoms. The Morgan fingerprint density at radius 2 is 2.33 bits per heavy atom. The van der Waals surface area contributed by atoms with Gasteiger partial charge in [-0.15, -0.1) is 0 Å². The highest BCUT2D eigenvalue weighted by atomic mass is 35.5. The lowest BCUT2D eigenvalue weighted by Crippen LogP contribution is -2.48. The number of carbonyl (C=O) groups excluding carboxylic acids is 2. The van der Waals surface area contributed by atoms with Gasteiger partial charge in [0.2, 0.25) is 0 Å². The van der Waals surface area contributed by atoms with E-state index in [-0.39, 0.29) is 16.7 Å². The van der Waals surface area contributed by atoms with Gasteiger partial charge in [-0.25, -0.2) is 31.5 Å². The lowest BCUT2D eigenvalue weighted by atomic mass is 10.5. The zero-order valence-electron chi connectivity index (χ0n) is 7.35. The number of hydrazine groups is 2. The molecule has 0 aliphatic heterocycles. The van der Waals surface area contributed by atoms with Crippen LogP contribution < -0.4 is 22.1 Å². The molecule has 5 N–H and O–H groups in total. The average Bonchev–Trinajstić information content (AvgIpc) is 2.26. The van der Waals surface area contributed by atoms with E-state index in [9.17, 15) is 9.59 Å². The molecule has 9 heteroatoms. The third kappa shape index (κ3) is 2.37. The van der Waals surface area contributed by atoms with Crippen LogP contribution in [0.2, 0.25) is 5.15 Å². The van der Waals surface area contributed by atoms with Crippen molar-refractivity contribution in [3.05, 3.63) is 17.0 Å². The summed E-state index contributed by atoms with van der Waals surface area (Å²) in [4.78, 5) is 28.6. The van der Waals surface area contributed by atoms with Crippen molar-refractivity contribution >= 4 is 29.7 Å². The smallest absolute Gasteiger partial charge is 0.296 e. The molecule has 1 heterocycles. The molecule has 0 saturated heterocycles. The van der Waals surface area contributed by atoms with Gasteiger partial charge in [0.15, 0.2) is 17.3 Å². The summed E-state index contributed by atoms with van der Waals surface area (Å²) in [6.07, 6.45) is 1.59. The Bertz CT molecular complexity index is 397. The van der Waals surface area contributed by atoms with Crippen LogP contribution in [0.25, 0.3) is 0 Å². The molecule has 0 aliphatic carbocycles. The zero-order chi connectivity index (χ0) is 11.4. The van der Waals surface area contributed by atoms with Gasteiger partial charge in [0.1, 0.15) is 5.69 Å². The van der Waals surface area contributed by atoms with Gasteiger partial charge in [0.05, 0.1) is 6.20 Å². The van der Waals surface area contributed by atoms with Crippen molar-refractivity contribution in [2.75, 3.05) is 5.01 Å². The Kier molecular flexibility index (Phi) is 3.50. The maximum Gasteiger partial charge on any atom is 0.351 e. The summed E-state index contributed by atoms with van der Waals surface area (Å²) in [6, 6.07) is -0.815. The van der Waals surface area contributed by atoms with Crippen molar-refractivity contribution in [1.82, 2.24) is 15.4 Å². The molecule has 0 aromatic carbocycles. The fourth-order valence-corrected chi connectivity index (χ4v) is 0.994. The highest BCUT2D eigenvalue weighted by Gasteiger charge is 2.16. The Balaban J connectivity index is 3.05. The lowest BCUT2D eigenvalue weighted by Gasteiger charge is -2.14. The molecule has 0 aliphatic rings. The molecule has 0 atom stereocenters. The molecule has 0 unspecified atom stereocenters. The number of hydrogen-bond donors (Lipinski definition) is 3. The number of nitrogens with one attached hydrogen (secondary N) is 1. The van der Waals surface area contributed by atoms with Gasteiger partial charge >= 0.3 is 6.03 Å². The summed E-state index contributed by atoms with van der Waals surface area (Å²) in [6.45, 7) is 0. The quantitative estimate of drug-likeness (QED) is 0.264. The number of rotatable bonds is 2. The number of halogens is 1. The number of carbonyl (C=O) groups is 2. The number of nitrogens with zero attached hydrogens (tertiary/aromatic N) is 3. The van der Waals surface area contributed by atoms with E-state index >= 15 is 0 Å². The van der Waals surface area contributed by atoms with Crippen LogP contribution in [0.4, 0.5) is 10.6 Å². The van der Waals surface area contributed by atoms with Gasteiger partial charge < -0.3 is 0 Å². The molecule has 0 bridgehead atoms. The topological polar surface area (TPSA) is 127 Å². The fourth-order valence-electron chi connectivity index (χ4n) is 0.757.